The number of hydrogen-bond donors (Lipinski definition) is 0. The molecule has 0 aliphatic heterocycles. The second-order valence-corrected chi connectivity index (χ2v) is 15.7. The first-order valence-electron chi connectivity index (χ1n) is 19.2. The van der Waals surface area contributed by atoms with Gasteiger partial charge >= 0.3 is 11.9 Å². The molecule has 0 rings (SSSR count). The summed E-state index contributed by atoms with van der Waals surface area (Å²) in [6, 6.07) is 0. The van der Waals surface area contributed by atoms with Gasteiger partial charge in [0.2, 0.25) is 0 Å². The molecule has 9 nitrogen and oxygen atoms in total. The Bertz CT molecular complexity index is 789. The highest BCUT2D eigenvalue weighted by Gasteiger charge is 2.21. The van der Waals surface area contributed by atoms with E-state index in [1.807, 2.05) is 28.1 Å². The van der Waals surface area contributed by atoms with Crippen LogP contribution >= 0.6 is 7.82 Å². The highest BCUT2D eigenvalue weighted by molar-refractivity contribution is 7.45. The summed E-state index contributed by atoms with van der Waals surface area (Å²) in [5.41, 5.74) is 0. The topological polar surface area (TPSA) is 111 Å². The van der Waals surface area contributed by atoms with Crippen molar-refractivity contribution in [3.05, 3.63) is 0 Å². The van der Waals surface area contributed by atoms with Gasteiger partial charge in [-0.05, 0) is 12.8 Å². The molecule has 0 saturated heterocycles. The largest absolute Gasteiger partial charge is 0.756 e. The van der Waals surface area contributed by atoms with Crippen molar-refractivity contribution in [3.63, 3.8) is 0 Å². The Kier molecular flexibility index (Phi) is 30.4. The van der Waals surface area contributed by atoms with Gasteiger partial charge in [-0.15, -0.1) is 0 Å². The van der Waals surface area contributed by atoms with Crippen molar-refractivity contribution in [2.45, 2.75) is 180 Å². The zero-order chi connectivity index (χ0) is 35.1. The number of phosphoric acid groups is 1. The van der Waals surface area contributed by atoms with Crippen LogP contribution in [0.5, 0.6) is 0 Å². The number of likely N-dealkylation sites (N-methyl/N-ethyl adjacent to an activating group) is 1. The van der Waals surface area contributed by atoms with Crippen molar-refractivity contribution in [2.24, 2.45) is 0 Å². The minimum atomic E-state index is -4.58. The van der Waals surface area contributed by atoms with Gasteiger partial charge in [0.1, 0.15) is 19.8 Å². The number of esters is 2. The summed E-state index contributed by atoms with van der Waals surface area (Å²) >= 11 is 0. The number of rotatable bonds is 35. The van der Waals surface area contributed by atoms with Crippen LogP contribution < -0.4 is 4.89 Å². The molecule has 0 aromatic rings. The predicted octanol–water partition coefficient (Wildman–Crippen LogP) is 9.44. The van der Waals surface area contributed by atoms with E-state index in [2.05, 4.69) is 6.92 Å². The molecule has 47 heavy (non-hydrogen) atoms. The molecule has 0 N–H and O–H groups in total. The second kappa shape index (κ2) is 31.0. The highest BCUT2D eigenvalue weighted by Crippen LogP contribution is 2.38. The Hall–Kier alpha value is -0.990. The molecule has 0 fully saturated rings. The number of carbonyl (C=O) groups is 2. The first-order chi connectivity index (χ1) is 22.5. The Morgan fingerprint density at radius 3 is 1.40 bits per heavy atom. The average Bonchev–Trinajstić information content (AvgIpc) is 3.00. The third kappa shape index (κ3) is 34.7. The zero-order valence-corrected chi connectivity index (χ0v) is 32.1. The van der Waals surface area contributed by atoms with E-state index in [-0.39, 0.29) is 32.0 Å². The van der Waals surface area contributed by atoms with Gasteiger partial charge in [0, 0.05) is 12.8 Å². The van der Waals surface area contributed by atoms with Crippen LogP contribution in [0.25, 0.3) is 0 Å². The van der Waals surface area contributed by atoms with Gasteiger partial charge in [-0.1, -0.05) is 149 Å². The van der Waals surface area contributed by atoms with Crippen LogP contribution in [-0.2, 0) is 32.7 Å². The molecule has 0 bridgehead atoms. The van der Waals surface area contributed by atoms with Gasteiger partial charge in [-0.3, -0.25) is 14.2 Å². The molecule has 2 atom stereocenters. The van der Waals surface area contributed by atoms with E-state index in [1.165, 1.54) is 122 Å². The molecule has 0 aromatic carbocycles. The Morgan fingerprint density at radius 1 is 0.574 bits per heavy atom. The van der Waals surface area contributed by atoms with Gasteiger partial charge in [0.15, 0.2) is 6.10 Å². The SMILES string of the molecule is CCCCCCCCCCCCCCCCCCCCCCCCC(=O)OC[C@H](COP(=O)([O-])OCC[N+](C)(C)C)OC(=O)CCC. The van der Waals surface area contributed by atoms with Crippen LogP contribution in [0, 0.1) is 0 Å². The molecule has 1 unspecified atom stereocenters. The maximum absolute atomic E-state index is 12.3. The number of quaternary nitrogens is 1. The number of ether oxygens (including phenoxy) is 2. The smallest absolute Gasteiger partial charge is 0.306 e. The van der Waals surface area contributed by atoms with Crippen LogP contribution in [-0.4, -0.2) is 70.0 Å². The summed E-state index contributed by atoms with van der Waals surface area (Å²) in [6.45, 7) is 3.84. The first kappa shape index (κ1) is 46.0. The minimum Gasteiger partial charge on any atom is -0.756 e. The Balaban J connectivity index is 3.81. The average molecular weight is 692 g/mol. The van der Waals surface area contributed by atoms with Crippen LogP contribution in [0.1, 0.15) is 174 Å². The molecule has 10 heteroatoms. The van der Waals surface area contributed by atoms with E-state index in [1.54, 1.807) is 0 Å². The second-order valence-electron chi connectivity index (χ2n) is 14.3. The summed E-state index contributed by atoms with van der Waals surface area (Å²) in [6.07, 6.45) is 28.9. The van der Waals surface area contributed by atoms with Crippen LogP contribution in [0.3, 0.4) is 0 Å². The van der Waals surface area contributed by atoms with E-state index in [9.17, 15) is 19.0 Å². The zero-order valence-electron chi connectivity index (χ0n) is 31.2. The predicted molar refractivity (Wildman–Crippen MR) is 190 cm³/mol. The first-order valence-corrected chi connectivity index (χ1v) is 20.7. The van der Waals surface area contributed by atoms with Gasteiger partial charge in [-0.2, -0.15) is 0 Å². The monoisotopic (exact) mass is 692 g/mol. The quantitative estimate of drug-likeness (QED) is 0.0280. The summed E-state index contributed by atoms with van der Waals surface area (Å²) in [7, 11) is 1.17. The molecular formula is C37H74NO8P. The highest BCUT2D eigenvalue weighted by atomic mass is 31.2. The molecule has 0 aliphatic carbocycles. The Morgan fingerprint density at radius 2 is 1.00 bits per heavy atom. The fourth-order valence-electron chi connectivity index (χ4n) is 5.34. The number of phosphoric ester groups is 1. The van der Waals surface area contributed by atoms with Gasteiger partial charge in [0.25, 0.3) is 7.82 Å². The van der Waals surface area contributed by atoms with Crippen molar-refractivity contribution >= 4 is 19.8 Å². The van der Waals surface area contributed by atoms with E-state index < -0.39 is 26.5 Å². The minimum absolute atomic E-state index is 0.0287. The van der Waals surface area contributed by atoms with Gasteiger partial charge in [0.05, 0.1) is 27.7 Å². The molecule has 0 radical (unpaired) electrons. The van der Waals surface area contributed by atoms with Crippen molar-refractivity contribution in [1.29, 1.82) is 0 Å². The number of carbonyl (C=O) groups excluding carboxylic acids is 2. The maximum atomic E-state index is 12.3. The number of nitrogens with zero attached hydrogens (tertiary/aromatic N) is 1. The normalized spacial score (nSPS) is 13.7. The fourth-order valence-corrected chi connectivity index (χ4v) is 6.07. The molecular weight excluding hydrogens is 617 g/mol. The molecule has 0 aliphatic rings. The van der Waals surface area contributed by atoms with E-state index >= 15 is 0 Å². The molecule has 0 heterocycles. The maximum Gasteiger partial charge on any atom is 0.306 e. The van der Waals surface area contributed by atoms with Crippen molar-refractivity contribution < 1.29 is 42.1 Å². The third-order valence-electron chi connectivity index (χ3n) is 8.35. The fraction of sp³-hybridized carbons (Fsp3) is 0.946. The number of unbranched alkanes of at least 4 members (excludes halogenated alkanes) is 21. The summed E-state index contributed by atoms with van der Waals surface area (Å²) < 4.78 is 33.1. The van der Waals surface area contributed by atoms with Crippen molar-refractivity contribution in [1.82, 2.24) is 0 Å². The van der Waals surface area contributed by atoms with Crippen LogP contribution in [0.4, 0.5) is 0 Å². The van der Waals surface area contributed by atoms with Gasteiger partial charge < -0.3 is 27.9 Å². The van der Waals surface area contributed by atoms with Crippen LogP contribution in [0.2, 0.25) is 0 Å². The van der Waals surface area contributed by atoms with E-state index in [0.717, 1.165) is 19.3 Å². The molecule has 0 spiro atoms. The molecule has 0 amide bonds. The van der Waals surface area contributed by atoms with E-state index in [4.69, 9.17) is 18.5 Å². The van der Waals surface area contributed by atoms with E-state index in [0.29, 0.717) is 17.4 Å². The molecule has 0 aromatic heterocycles. The van der Waals surface area contributed by atoms with Crippen molar-refractivity contribution in [3.8, 4) is 0 Å². The standard InChI is InChI=1S/C37H74NO8P/c1-6-8-9-10-11-12-13-14-15-16-17-18-19-20-21-22-23-24-25-26-27-28-30-36(39)43-33-35(46-37(40)29-7-2)34-45-47(41,42)44-32-31-38(3,4)5/h35H,6-34H2,1-5H3/t35-/m1/s1. The summed E-state index contributed by atoms with van der Waals surface area (Å²) in [4.78, 5) is 36.4. The summed E-state index contributed by atoms with van der Waals surface area (Å²) in [5, 5.41) is 0. The lowest BCUT2D eigenvalue weighted by Gasteiger charge is -2.28. The van der Waals surface area contributed by atoms with Gasteiger partial charge in [-0.25, -0.2) is 0 Å². The van der Waals surface area contributed by atoms with Crippen molar-refractivity contribution in [2.75, 3.05) is 47.5 Å². The summed E-state index contributed by atoms with van der Waals surface area (Å²) in [5.74, 6) is -0.886. The lowest BCUT2D eigenvalue weighted by molar-refractivity contribution is -0.870. The third-order valence-corrected chi connectivity index (χ3v) is 9.31. The Labute approximate surface area is 289 Å². The molecule has 0 saturated carbocycles. The lowest BCUT2D eigenvalue weighted by Crippen LogP contribution is -2.37. The molecule has 280 valence electrons. The lowest BCUT2D eigenvalue weighted by atomic mass is 10.0. The van der Waals surface area contributed by atoms with Crippen LogP contribution in [0.15, 0.2) is 0 Å². The number of hydrogen-bond acceptors (Lipinski definition) is 8.